The number of para-hydroxylation sites is 1. The van der Waals surface area contributed by atoms with Gasteiger partial charge in [-0.15, -0.1) is 0 Å². The first kappa shape index (κ1) is 18.3. The summed E-state index contributed by atoms with van der Waals surface area (Å²) in [6, 6.07) is 18.1. The highest BCUT2D eigenvalue weighted by Crippen LogP contribution is 2.15. The summed E-state index contributed by atoms with van der Waals surface area (Å²) in [6.07, 6.45) is 0.549. The van der Waals surface area contributed by atoms with Crippen LogP contribution in [0.15, 0.2) is 54.6 Å². The molecule has 0 bridgehead atoms. The molecule has 5 heteroatoms. The highest BCUT2D eigenvalue weighted by molar-refractivity contribution is 5.90. The van der Waals surface area contributed by atoms with Crippen molar-refractivity contribution in [2.75, 3.05) is 49.5 Å². The van der Waals surface area contributed by atoms with Gasteiger partial charge in [0, 0.05) is 11.4 Å². The van der Waals surface area contributed by atoms with Gasteiger partial charge in [0.15, 0.2) is 0 Å². The zero-order valence-electron chi connectivity index (χ0n) is 15.4. The van der Waals surface area contributed by atoms with Crippen LogP contribution < -0.4 is 19.9 Å². The van der Waals surface area contributed by atoms with E-state index in [-0.39, 0.29) is 5.91 Å². The molecule has 138 valence electrons. The molecule has 2 N–H and O–H groups in total. The molecule has 26 heavy (non-hydrogen) atoms. The zero-order chi connectivity index (χ0) is 18.2. The Morgan fingerprint density at radius 3 is 2.42 bits per heavy atom. The summed E-state index contributed by atoms with van der Waals surface area (Å²) in [4.78, 5) is 16.1. The number of hydrogen-bond donors (Lipinski definition) is 2. The lowest BCUT2D eigenvalue weighted by Gasteiger charge is -2.33. The average Bonchev–Trinajstić information content (AvgIpc) is 2.69. The molecule has 1 amide bonds. The smallest absolute Gasteiger partial charge is 0.230 e. The Kier molecular flexibility index (Phi) is 6.50. The van der Waals surface area contributed by atoms with E-state index >= 15 is 0 Å². The molecular formula is C21H28N3O2+. The number of carbonyl (C=O) groups is 1. The summed E-state index contributed by atoms with van der Waals surface area (Å²) >= 11 is 0. The monoisotopic (exact) mass is 354 g/mol. The van der Waals surface area contributed by atoms with Crippen LogP contribution in [0.5, 0.6) is 5.75 Å². The maximum Gasteiger partial charge on any atom is 0.230 e. The number of nitrogens with one attached hydrogen (secondary N) is 2. The number of amides is 1. The summed E-state index contributed by atoms with van der Waals surface area (Å²) in [5.41, 5.74) is 2.11. The fourth-order valence-electron chi connectivity index (χ4n) is 3.28. The number of ether oxygens (including phenoxy) is 1. The van der Waals surface area contributed by atoms with Gasteiger partial charge in [-0.25, -0.2) is 0 Å². The third kappa shape index (κ3) is 5.23. The van der Waals surface area contributed by atoms with Crippen LogP contribution in [-0.4, -0.2) is 45.2 Å². The Morgan fingerprint density at radius 2 is 1.77 bits per heavy atom. The Balaban J connectivity index is 1.38. The van der Waals surface area contributed by atoms with E-state index in [2.05, 4.69) is 34.5 Å². The summed E-state index contributed by atoms with van der Waals surface area (Å²) in [6.45, 7) is 7.71. The van der Waals surface area contributed by atoms with Crippen molar-refractivity contribution in [2.24, 2.45) is 0 Å². The quantitative estimate of drug-likeness (QED) is 0.797. The summed E-state index contributed by atoms with van der Waals surface area (Å²) in [7, 11) is 0. The van der Waals surface area contributed by atoms with Crippen molar-refractivity contribution >= 4 is 17.3 Å². The van der Waals surface area contributed by atoms with Gasteiger partial charge >= 0.3 is 0 Å². The SMILES string of the molecule is CCOc1ccc(NC(=O)CC[NH+]2CCN(c3ccccc3)CC2)cc1. The lowest BCUT2D eigenvalue weighted by molar-refractivity contribution is -0.900. The van der Waals surface area contributed by atoms with Gasteiger partial charge in [0.2, 0.25) is 5.91 Å². The molecule has 2 aromatic rings. The normalized spacial score (nSPS) is 14.9. The van der Waals surface area contributed by atoms with Gasteiger partial charge < -0.3 is 19.9 Å². The minimum Gasteiger partial charge on any atom is -0.494 e. The molecule has 0 unspecified atom stereocenters. The number of carbonyl (C=O) groups excluding carboxylic acids is 1. The number of rotatable bonds is 7. The van der Waals surface area contributed by atoms with Gasteiger partial charge in [-0.1, -0.05) is 18.2 Å². The van der Waals surface area contributed by atoms with E-state index in [9.17, 15) is 4.79 Å². The molecule has 0 saturated carbocycles. The Bertz CT molecular complexity index is 680. The van der Waals surface area contributed by atoms with Gasteiger partial charge in [0.1, 0.15) is 5.75 Å². The third-order valence-corrected chi connectivity index (χ3v) is 4.75. The van der Waals surface area contributed by atoms with Crippen molar-refractivity contribution < 1.29 is 14.4 Å². The molecule has 5 nitrogen and oxygen atoms in total. The zero-order valence-corrected chi connectivity index (χ0v) is 15.4. The van der Waals surface area contributed by atoms with E-state index in [4.69, 9.17) is 4.74 Å². The molecule has 1 saturated heterocycles. The van der Waals surface area contributed by atoms with Crippen LogP contribution in [0.3, 0.4) is 0 Å². The number of benzene rings is 2. The van der Waals surface area contributed by atoms with Crippen molar-refractivity contribution in [1.29, 1.82) is 0 Å². The van der Waals surface area contributed by atoms with Crippen molar-refractivity contribution in [2.45, 2.75) is 13.3 Å². The van der Waals surface area contributed by atoms with E-state index in [1.165, 1.54) is 10.6 Å². The largest absolute Gasteiger partial charge is 0.494 e. The number of anilines is 2. The third-order valence-electron chi connectivity index (χ3n) is 4.75. The second-order valence-corrected chi connectivity index (χ2v) is 6.58. The standard InChI is InChI=1S/C21H27N3O2/c1-2-26-20-10-8-18(9-11-20)22-21(25)12-13-23-14-16-24(17-15-23)19-6-4-3-5-7-19/h3-11H,2,12-17H2,1H3,(H,22,25)/p+1. The molecule has 0 atom stereocenters. The number of hydrogen-bond acceptors (Lipinski definition) is 3. The highest BCUT2D eigenvalue weighted by atomic mass is 16.5. The van der Waals surface area contributed by atoms with Crippen molar-refractivity contribution in [3.63, 3.8) is 0 Å². The lowest BCUT2D eigenvalue weighted by atomic mass is 10.2. The molecule has 0 aliphatic carbocycles. The van der Waals surface area contributed by atoms with Crippen molar-refractivity contribution in [1.82, 2.24) is 0 Å². The number of piperazine rings is 1. The van der Waals surface area contributed by atoms with Gasteiger partial charge in [0.05, 0.1) is 45.8 Å². The van der Waals surface area contributed by atoms with Crippen LogP contribution in [-0.2, 0) is 4.79 Å². The van der Waals surface area contributed by atoms with Crippen LogP contribution in [0.2, 0.25) is 0 Å². The van der Waals surface area contributed by atoms with E-state index in [1.807, 2.05) is 37.3 Å². The molecule has 3 rings (SSSR count). The van der Waals surface area contributed by atoms with Gasteiger partial charge in [-0.05, 0) is 43.3 Å². The van der Waals surface area contributed by atoms with Crippen LogP contribution in [0, 0.1) is 0 Å². The van der Waals surface area contributed by atoms with E-state index in [0.717, 1.165) is 44.2 Å². The molecule has 0 spiro atoms. The topological polar surface area (TPSA) is 46.0 Å². The van der Waals surface area contributed by atoms with Gasteiger partial charge in [0.25, 0.3) is 0 Å². The fraction of sp³-hybridized carbons (Fsp3) is 0.381. The second kappa shape index (κ2) is 9.25. The van der Waals surface area contributed by atoms with Crippen LogP contribution in [0.1, 0.15) is 13.3 Å². The minimum atomic E-state index is 0.0761. The van der Waals surface area contributed by atoms with E-state index in [1.54, 1.807) is 0 Å². The Hall–Kier alpha value is -2.53. The average molecular weight is 354 g/mol. The Morgan fingerprint density at radius 1 is 1.08 bits per heavy atom. The first-order valence-electron chi connectivity index (χ1n) is 9.41. The molecule has 0 aromatic heterocycles. The van der Waals surface area contributed by atoms with E-state index in [0.29, 0.717) is 13.0 Å². The van der Waals surface area contributed by atoms with Crippen LogP contribution >= 0.6 is 0 Å². The van der Waals surface area contributed by atoms with Crippen molar-refractivity contribution in [3.05, 3.63) is 54.6 Å². The predicted molar refractivity (Wildman–Crippen MR) is 105 cm³/mol. The second-order valence-electron chi connectivity index (χ2n) is 6.58. The summed E-state index contributed by atoms with van der Waals surface area (Å²) in [5, 5.41) is 2.97. The highest BCUT2D eigenvalue weighted by Gasteiger charge is 2.20. The lowest BCUT2D eigenvalue weighted by Crippen LogP contribution is -3.15. The molecule has 1 fully saturated rings. The first-order valence-corrected chi connectivity index (χ1v) is 9.41. The maximum atomic E-state index is 12.2. The fourth-order valence-corrected chi connectivity index (χ4v) is 3.28. The Labute approximate surface area is 155 Å². The molecule has 0 radical (unpaired) electrons. The summed E-state index contributed by atoms with van der Waals surface area (Å²) in [5.74, 6) is 0.901. The molecule has 1 aliphatic rings. The molecule has 1 aliphatic heterocycles. The van der Waals surface area contributed by atoms with E-state index < -0.39 is 0 Å². The number of nitrogens with zero attached hydrogens (tertiary/aromatic N) is 1. The molecule has 2 aromatic carbocycles. The first-order chi connectivity index (χ1) is 12.7. The minimum absolute atomic E-state index is 0.0761. The van der Waals surface area contributed by atoms with Gasteiger partial charge in [-0.2, -0.15) is 0 Å². The maximum absolute atomic E-state index is 12.2. The number of quaternary nitrogens is 1. The van der Waals surface area contributed by atoms with Crippen molar-refractivity contribution in [3.8, 4) is 5.75 Å². The van der Waals surface area contributed by atoms with Gasteiger partial charge in [-0.3, -0.25) is 4.79 Å². The summed E-state index contributed by atoms with van der Waals surface area (Å²) < 4.78 is 5.41. The van der Waals surface area contributed by atoms with Crippen LogP contribution in [0.25, 0.3) is 0 Å². The molecular weight excluding hydrogens is 326 g/mol. The molecule has 1 heterocycles. The predicted octanol–water partition coefficient (Wildman–Crippen LogP) is 1.82. The van der Waals surface area contributed by atoms with Crippen LogP contribution in [0.4, 0.5) is 11.4 Å².